The molecule has 0 aliphatic rings. The van der Waals surface area contributed by atoms with Gasteiger partial charge in [-0.1, -0.05) is 11.6 Å². The van der Waals surface area contributed by atoms with Crippen molar-refractivity contribution in [3.8, 4) is 11.3 Å². The van der Waals surface area contributed by atoms with Gasteiger partial charge in [0.25, 0.3) is 0 Å². The van der Waals surface area contributed by atoms with Gasteiger partial charge in [-0.3, -0.25) is 4.40 Å². The zero-order valence-corrected chi connectivity index (χ0v) is 12.8. The van der Waals surface area contributed by atoms with Crippen LogP contribution in [-0.4, -0.2) is 9.38 Å². The zero-order chi connectivity index (χ0) is 14.4. The second kappa shape index (κ2) is 4.75. The molecule has 20 heavy (non-hydrogen) atoms. The first-order valence-corrected chi connectivity index (χ1v) is 7.03. The number of aromatic nitrogens is 2. The summed E-state index contributed by atoms with van der Waals surface area (Å²) in [4.78, 5) is 4.44. The predicted octanol–water partition coefficient (Wildman–Crippen LogP) is 4.45. The number of hydrogen-bond acceptors (Lipinski definition) is 2. The van der Waals surface area contributed by atoms with Crippen LogP contribution in [0.25, 0.3) is 16.9 Å². The maximum atomic E-state index is 14.0. The van der Waals surface area contributed by atoms with E-state index in [1.165, 1.54) is 18.2 Å². The Morgan fingerprint density at radius 1 is 1.35 bits per heavy atom. The van der Waals surface area contributed by atoms with Crippen molar-refractivity contribution in [1.82, 2.24) is 9.38 Å². The lowest BCUT2D eigenvalue weighted by atomic mass is 10.1. The molecule has 2 aromatic heterocycles. The van der Waals surface area contributed by atoms with Gasteiger partial charge in [0.1, 0.15) is 23.0 Å². The monoisotopic (exact) mass is 353 g/mol. The van der Waals surface area contributed by atoms with Crippen LogP contribution in [0.2, 0.25) is 5.02 Å². The Bertz CT molecular complexity index is 829. The van der Waals surface area contributed by atoms with E-state index in [4.69, 9.17) is 17.3 Å². The number of nitrogen functional groups attached to an aromatic ring is 1. The lowest BCUT2D eigenvalue weighted by Crippen LogP contribution is -1.96. The minimum absolute atomic E-state index is 0.300. The van der Waals surface area contributed by atoms with Crippen LogP contribution < -0.4 is 5.73 Å². The first-order valence-electron chi connectivity index (χ1n) is 5.86. The second-order valence-corrected chi connectivity index (χ2v) is 5.86. The van der Waals surface area contributed by atoms with E-state index in [-0.39, 0.29) is 0 Å². The van der Waals surface area contributed by atoms with Gasteiger partial charge < -0.3 is 5.73 Å². The smallest absolute Gasteiger partial charge is 0.142 e. The molecular weight excluding hydrogens is 345 g/mol. The number of nitrogens with two attached hydrogens (primary N) is 1. The highest BCUT2D eigenvalue weighted by molar-refractivity contribution is 9.10. The Morgan fingerprint density at radius 2 is 2.10 bits per heavy atom. The summed E-state index contributed by atoms with van der Waals surface area (Å²) in [6.07, 6.45) is 1.80. The molecule has 3 aromatic rings. The summed E-state index contributed by atoms with van der Waals surface area (Å²) >= 11 is 9.33. The summed E-state index contributed by atoms with van der Waals surface area (Å²) in [6.45, 7) is 1.92. The van der Waals surface area contributed by atoms with Crippen LogP contribution in [0.5, 0.6) is 0 Å². The third kappa shape index (κ3) is 2.07. The highest BCUT2D eigenvalue weighted by atomic mass is 79.9. The molecule has 0 radical (unpaired) electrons. The Labute approximate surface area is 128 Å². The lowest BCUT2D eigenvalue weighted by molar-refractivity contribution is 0.631. The maximum absolute atomic E-state index is 14.0. The van der Waals surface area contributed by atoms with Gasteiger partial charge >= 0.3 is 0 Å². The van der Waals surface area contributed by atoms with E-state index in [0.717, 1.165) is 10.0 Å². The predicted molar refractivity (Wildman–Crippen MR) is 82.4 cm³/mol. The fourth-order valence-corrected chi connectivity index (χ4v) is 2.88. The highest BCUT2D eigenvalue weighted by Gasteiger charge is 2.16. The summed E-state index contributed by atoms with van der Waals surface area (Å²) in [5, 5.41) is 0.441. The van der Waals surface area contributed by atoms with Crippen molar-refractivity contribution >= 4 is 39.0 Å². The molecular formula is C14H10BrClFN3. The number of pyridine rings is 1. The molecule has 0 unspecified atom stereocenters. The molecule has 0 fully saturated rings. The summed E-state index contributed by atoms with van der Waals surface area (Å²) in [6, 6.07) is 6.26. The topological polar surface area (TPSA) is 43.3 Å². The largest absolute Gasteiger partial charge is 0.383 e. The van der Waals surface area contributed by atoms with Crippen LogP contribution in [0.3, 0.4) is 0 Å². The number of benzene rings is 1. The van der Waals surface area contributed by atoms with Crippen molar-refractivity contribution in [3.63, 3.8) is 0 Å². The summed E-state index contributed by atoms with van der Waals surface area (Å²) in [7, 11) is 0. The molecule has 3 rings (SSSR count). The second-order valence-electron chi connectivity index (χ2n) is 4.50. The summed E-state index contributed by atoms with van der Waals surface area (Å²) in [5.74, 6) is -0.0215. The Morgan fingerprint density at radius 3 is 2.85 bits per heavy atom. The lowest BCUT2D eigenvalue weighted by Gasteiger charge is -2.02. The van der Waals surface area contributed by atoms with E-state index < -0.39 is 5.82 Å². The third-order valence-electron chi connectivity index (χ3n) is 3.09. The number of hydrogen-bond donors (Lipinski definition) is 1. The van der Waals surface area contributed by atoms with Crippen LogP contribution in [0.4, 0.5) is 10.2 Å². The van der Waals surface area contributed by atoms with E-state index in [2.05, 4.69) is 20.9 Å². The van der Waals surface area contributed by atoms with Crippen LogP contribution in [0.15, 0.2) is 34.9 Å². The number of rotatable bonds is 1. The molecule has 1 aromatic carbocycles. The minimum Gasteiger partial charge on any atom is -0.383 e. The summed E-state index contributed by atoms with van der Waals surface area (Å²) < 4.78 is 16.6. The Balaban J connectivity index is 2.35. The van der Waals surface area contributed by atoms with Gasteiger partial charge in [-0.05, 0) is 52.7 Å². The zero-order valence-electron chi connectivity index (χ0n) is 10.5. The van der Waals surface area contributed by atoms with Gasteiger partial charge in [0.05, 0.1) is 0 Å². The number of halogens is 3. The fraction of sp³-hybridized carbons (Fsp3) is 0.0714. The van der Waals surface area contributed by atoms with Gasteiger partial charge in [0, 0.05) is 21.3 Å². The maximum Gasteiger partial charge on any atom is 0.142 e. The van der Waals surface area contributed by atoms with E-state index in [1.807, 2.05) is 13.0 Å². The van der Waals surface area contributed by atoms with Gasteiger partial charge in [-0.2, -0.15) is 0 Å². The Hall–Kier alpha value is -1.59. The molecule has 0 saturated carbocycles. The number of fused-ring (bicyclic) bond motifs is 1. The first kappa shape index (κ1) is 13.4. The molecule has 2 N–H and O–H groups in total. The number of anilines is 1. The highest BCUT2D eigenvalue weighted by Crippen LogP contribution is 2.32. The van der Waals surface area contributed by atoms with Crippen molar-refractivity contribution < 1.29 is 4.39 Å². The van der Waals surface area contributed by atoms with Crippen molar-refractivity contribution in [2.24, 2.45) is 0 Å². The molecule has 3 nitrogen and oxygen atoms in total. The molecule has 0 spiro atoms. The molecule has 2 heterocycles. The van der Waals surface area contributed by atoms with Crippen molar-refractivity contribution in [1.29, 1.82) is 0 Å². The number of imidazole rings is 1. The van der Waals surface area contributed by atoms with Crippen LogP contribution >= 0.6 is 27.5 Å². The summed E-state index contributed by atoms with van der Waals surface area (Å²) in [5.41, 5.74) is 8.43. The standard InChI is InChI=1S/C14H10BrClFN3/c1-7-4-8(15)6-20-13(18)12(19-14(7)20)10-5-9(16)2-3-11(10)17/h2-6H,18H2,1H3. The number of nitrogens with zero attached hydrogens (tertiary/aromatic N) is 2. The SMILES string of the molecule is Cc1cc(Br)cn2c(N)c(-c3cc(Cl)ccc3F)nc12. The number of aryl methyl sites for hydroxylation is 1. The van der Waals surface area contributed by atoms with E-state index in [9.17, 15) is 4.39 Å². The molecule has 0 amide bonds. The van der Waals surface area contributed by atoms with Crippen LogP contribution in [0.1, 0.15) is 5.56 Å². The molecule has 6 heteroatoms. The van der Waals surface area contributed by atoms with Gasteiger partial charge in [0.15, 0.2) is 0 Å². The van der Waals surface area contributed by atoms with E-state index in [1.54, 1.807) is 10.6 Å². The molecule has 0 aliphatic carbocycles. The third-order valence-corrected chi connectivity index (χ3v) is 3.76. The van der Waals surface area contributed by atoms with Crippen molar-refractivity contribution in [2.75, 3.05) is 5.73 Å². The minimum atomic E-state index is -0.402. The molecule has 0 saturated heterocycles. The van der Waals surface area contributed by atoms with Gasteiger partial charge in [-0.25, -0.2) is 9.37 Å². The van der Waals surface area contributed by atoms with E-state index >= 15 is 0 Å². The first-order chi connectivity index (χ1) is 9.47. The Kier molecular flexibility index (Phi) is 3.18. The molecule has 0 atom stereocenters. The molecule has 0 bridgehead atoms. The average molecular weight is 355 g/mol. The van der Waals surface area contributed by atoms with Crippen molar-refractivity contribution in [3.05, 3.63) is 51.3 Å². The normalized spacial score (nSPS) is 11.2. The van der Waals surface area contributed by atoms with E-state index in [0.29, 0.717) is 27.7 Å². The van der Waals surface area contributed by atoms with Crippen LogP contribution in [-0.2, 0) is 0 Å². The van der Waals surface area contributed by atoms with Gasteiger partial charge in [-0.15, -0.1) is 0 Å². The van der Waals surface area contributed by atoms with Crippen LogP contribution in [0, 0.1) is 12.7 Å². The fourth-order valence-electron chi connectivity index (χ4n) is 2.16. The molecule has 0 aliphatic heterocycles. The average Bonchev–Trinajstić information content (AvgIpc) is 2.71. The quantitative estimate of drug-likeness (QED) is 0.702. The van der Waals surface area contributed by atoms with Gasteiger partial charge in [0.2, 0.25) is 0 Å². The molecule has 102 valence electrons. The van der Waals surface area contributed by atoms with Crippen molar-refractivity contribution in [2.45, 2.75) is 6.92 Å².